The van der Waals surface area contributed by atoms with Gasteiger partial charge >= 0.3 is 0 Å². The Labute approximate surface area is 130 Å². The lowest BCUT2D eigenvalue weighted by Gasteiger charge is -2.23. The highest BCUT2D eigenvalue weighted by molar-refractivity contribution is 7.89. The number of rotatable bonds is 5. The van der Waals surface area contributed by atoms with Crippen molar-refractivity contribution >= 4 is 33.2 Å². The van der Waals surface area contributed by atoms with Crippen molar-refractivity contribution in [2.75, 3.05) is 32.9 Å². The van der Waals surface area contributed by atoms with Crippen LogP contribution in [0.25, 0.3) is 0 Å². The van der Waals surface area contributed by atoms with E-state index in [0.717, 1.165) is 4.31 Å². The highest BCUT2D eigenvalue weighted by Gasteiger charge is 2.28. The van der Waals surface area contributed by atoms with Crippen LogP contribution in [0.5, 0.6) is 0 Å². The molecule has 118 valence electrons. The highest BCUT2D eigenvalue weighted by atomic mass is 35.5. The van der Waals surface area contributed by atoms with Crippen LogP contribution in [0, 0.1) is 6.92 Å². The van der Waals surface area contributed by atoms with E-state index < -0.39 is 10.0 Å². The summed E-state index contributed by atoms with van der Waals surface area (Å²) < 4.78 is 26.5. The van der Waals surface area contributed by atoms with Crippen molar-refractivity contribution in [3.63, 3.8) is 0 Å². The number of carbonyl (C=O) groups is 1. The first kappa shape index (κ1) is 17.7. The Kier molecular flexibility index (Phi) is 5.61. The summed E-state index contributed by atoms with van der Waals surface area (Å²) >= 11 is 5.89. The minimum Gasteiger partial charge on any atom is -0.398 e. The van der Waals surface area contributed by atoms with Gasteiger partial charge in [0.2, 0.25) is 15.9 Å². The van der Waals surface area contributed by atoms with Gasteiger partial charge in [0.15, 0.2) is 0 Å². The number of nitrogens with zero attached hydrogens (tertiary/aromatic N) is 2. The second kappa shape index (κ2) is 6.64. The van der Waals surface area contributed by atoms with Crippen LogP contribution in [0.1, 0.15) is 12.5 Å². The van der Waals surface area contributed by atoms with Crippen molar-refractivity contribution in [2.45, 2.75) is 18.7 Å². The average molecular weight is 334 g/mol. The third-order valence-electron chi connectivity index (χ3n) is 3.15. The summed E-state index contributed by atoms with van der Waals surface area (Å²) in [5.41, 5.74) is 6.49. The molecule has 0 unspecified atom stereocenters. The lowest BCUT2D eigenvalue weighted by molar-refractivity contribution is -0.128. The van der Waals surface area contributed by atoms with E-state index in [4.69, 9.17) is 17.3 Å². The molecule has 2 N–H and O–H groups in total. The summed E-state index contributed by atoms with van der Waals surface area (Å²) in [6.07, 6.45) is 0. The van der Waals surface area contributed by atoms with Gasteiger partial charge < -0.3 is 10.6 Å². The van der Waals surface area contributed by atoms with Crippen molar-refractivity contribution in [1.29, 1.82) is 0 Å². The van der Waals surface area contributed by atoms with E-state index in [-0.39, 0.29) is 28.9 Å². The molecular formula is C13H20ClN3O3S. The number of amides is 1. The van der Waals surface area contributed by atoms with Gasteiger partial charge in [0, 0.05) is 31.4 Å². The van der Waals surface area contributed by atoms with Gasteiger partial charge in [-0.1, -0.05) is 18.5 Å². The summed E-state index contributed by atoms with van der Waals surface area (Å²) in [4.78, 5) is 13.2. The van der Waals surface area contributed by atoms with Gasteiger partial charge in [-0.3, -0.25) is 4.79 Å². The second-order valence-electron chi connectivity index (χ2n) is 4.84. The Morgan fingerprint density at radius 2 is 1.90 bits per heavy atom. The molecule has 0 saturated heterocycles. The lowest BCUT2D eigenvalue weighted by Crippen LogP contribution is -2.40. The summed E-state index contributed by atoms with van der Waals surface area (Å²) in [5.74, 6) is -0.298. The van der Waals surface area contributed by atoms with Crippen LogP contribution in [-0.4, -0.2) is 50.7 Å². The molecule has 1 rings (SSSR count). The molecule has 0 spiro atoms. The Hall–Kier alpha value is -1.31. The standard InChI is InChI=1S/C13H20ClN3O3S/c1-5-17(8-13(18)16(3)4)21(19,20)12-7-10(14)6-11(15)9(12)2/h6-7H,5,8,15H2,1-4H3. The van der Waals surface area contributed by atoms with E-state index in [9.17, 15) is 13.2 Å². The molecule has 0 aliphatic heterocycles. The molecule has 8 heteroatoms. The quantitative estimate of drug-likeness (QED) is 0.824. The predicted molar refractivity (Wildman–Crippen MR) is 83.7 cm³/mol. The summed E-state index contributed by atoms with van der Waals surface area (Å²) in [7, 11) is -0.684. The minimum absolute atomic E-state index is 0.0286. The highest BCUT2D eigenvalue weighted by Crippen LogP contribution is 2.28. The maximum absolute atomic E-state index is 12.7. The van der Waals surface area contributed by atoms with Gasteiger partial charge in [0.25, 0.3) is 0 Å². The van der Waals surface area contributed by atoms with E-state index in [1.165, 1.54) is 17.0 Å². The smallest absolute Gasteiger partial charge is 0.243 e. The van der Waals surface area contributed by atoms with Crippen LogP contribution in [-0.2, 0) is 14.8 Å². The molecule has 0 fully saturated rings. The molecule has 1 aromatic carbocycles. The molecule has 1 amide bonds. The van der Waals surface area contributed by atoms with Crippen molar-refractivity contribution < 1.29 is 13.2 Å². The summed E-state index contributed by atoms with van der Waals surface area (Å²) in [6.45, 7) is 3.23. The molecule has 0 heterocycles. The first-order valence-corrected chi connectivity index (χ1v) is 8.19. The van der Waals surface area contributed by atoms with Gasteiger partial charge in [-0.15, -0.1) is 0 Å². The number of hydrogen-bond acceptors (Lipinski definition) is 4. The Balaban J connectivity index is 3.29. The topological polar surface area (TPSA) is 83.7 Å². The fraction of sp³-hybridized carbons (Fsp3) is 0.462. The Morgan fingerprint density at radius 3 is 2.38 bits per heavy atom. The van der Waals surface area contributed by atoms with Gasteiger partial charge in [0.05, 0.1) is 11.4 Å². The number of sulfonamides is 1. The molecule has 6 nitrogen and oxygen atoms in total. The SMILES string of the molecule is CCN(CC(=O)N(C)C)S(=O)(=O)c1cc(Cl)cc(N)c1C. The van der Waals surface area contributed by atoms with E-state index in [1.54, 1.807) is 27.9 Å². The monoisotopic (exact) mass is 333 g/mol. The Bertz CT molecular complexity index is 644. The fourth-order valence-electron chi connectivity index (χ4n) is 1.74. The van der Waals surface area contributed by atoms with Gasteiger partial charge in [0.1, 0.15) is 0 Å². The number of nitrogen functional groups attached to an aromatic ring is 1. The Morgan fingerprint density at radius 1 is 1.33 bits per heavy atom. The van der Waals surface area contributed by atoms with E-state index in [0.29, 0.717) is 11.3 Å². The van der Waals surface area contributed by atoms with Crippen molar-refractivity contribution in [3.05, 3.63) is 22.7 Å². The molecule has 0 bridgehead atoms. The second-order valence-corrected chi connectivity index (χ2v) is 7.18. The number of carbonyl (C=O) groups excluding carboxylic acids is 1. The number of benzene rings is 1. The molecule has 0 aliphatic carbocycles. The molecule has 0 saturated carbocycles. The fourth-order valence-corrected chi connectivity index (χ4v) is 3.71. The van der Waals surface area contributed by atoms with Crippen molar-refractivity contribution in [3.8, 4) is 0 Å². The maximum atomic E-state index is 12.7. The van der Waals surface area contributed by atoms with Crippen molar-refractivity contribution in [2.24, 2.45) is 0 Å². The van der Waals surface area contributed by atoms with Crippen LogP contribution in [0.4, 0.5) is 5.69 Å². The zero-order valence-corrected chi connectivity index (χ0v) is 14.1. The van der Waals surface area contributed by atoms with Gasteiger partial charge in [-0.05, 0) is 24.6 Å². The molecule has 0 aromatic heterocycles. The zero-order chi connectivity index (χ0) is 16.4. The van der Waals surface area contributed by atoms with Crippen LogP contribution in [0.15, 0.2) is 17.0 Å². The number of nitrogens with two attached hydrogens (primary N) is 1. The zero-order valence-electron chi connectivity index (χ0n) is 12.6. The third-order valence-corrected chi connectivity index (χ3v) is 5.41. The molecule has 21 heavy (non-hydrogen) atoms. The van der Waals surface area contributed by atoms with Gasteiger partial charge in [-0.2, -0.15) is 4.31 Å². The predicted octanol–water partition coefficient (Wildman–Crippen LogP) is 1.33. The van der Waals surface area contributed by atoms with E-state index in [2.05, 4.69) is 0 Å². The minimum atomic E-state index is -3.83. The van der Waals surface area contributed by atoms with E-state index >= 15 is 0 Å². The molecule has 0 atom stereocenters. The normalized spacial score (nSPS) is 11.7. The average Bonchev–Trinajstić information content (AvgIpc) is 2.39. The number of hydrogen-bond donors (Lipinski definition) is 1. The van der Waals surface area contributed by atoms with Crippen LogP contribution in [0.3, 0.4) is 0 Å². The lowest BCUT2D eigenvalue weighted by atomic mass is 10.2. The largest absolute Gasteiger partial charge is 0.398 e. The number of likely N-dealkylation sites (N-methyl/N-ethyl adjacent to an activating group) is 2. The number of halogens is 1. The third kappa shape index (κ3) is 3.87. The van der Waals surface area contributed by atoms with Crippen LogP contribution < -0.4 is 5.73 Å². The first-order chi connectivity index (χ1) is 9.61. The van der Waals surface area contributed by atoms with Gasteiger partial charge in [-0.25, -0.2) is 8.42 Å². The maximum Gasteiger partial charge on any atom is 0.243 e. The molecule has 0 aliphatic rings. The van der Waals surface area contributed by atoms with E-state index in [1.807, 2.05) is 0 Å². The summed E-state index contributed by atoms with van der Waals surface area (Å²) in [6, 6.07) is 2.85. The van der Waals surface area contributed by atoms with Crippen LogP contribution >= 0.6 is 11.6 Å². The molecule has 0 radical (unpaired) electrons. The first-order valence-electron chi connectivity index (χ1n) is 6.37. The summed E-state index contributed by atoms with van der Waals surface area (Å²) in [5, 5.41) is 0.242. The van der Waals surface area contributed by atoms with Crippen molar-refractivity contribution in [1.82, 2.24) is 9.21 Å². The number of anilines is 1. The molecule has 1 aromatic rings. The van der Waals surface area contributed by atoms with Crippen LogP contribution in [0.2, 0.25) is 5.02 Å². The molecular weight excluding hydrogens is 314 g/mol.